The van der Waals surface area contributed by atoms with Crippen LogP contribution < -0.4 is 15.2 Å². The van der Waals surface area contributed by atoms with E-state index in [2.05, 4.69) is 13.8 Å². The molecule has 0 saturated heterocycles. The van der Waals surface area contributed by atoms with Crippen molar-refractivity contribution in [2.45, 2.75) is 31.7 Å². The molecule has 98 valence electrons. The fourth-order valence-electron chi connectivity index (χ4n) is 2.59. The van der Waals surface area contributed by atoms with Crippen LogP contribution >= 0.6 is 0 Å². The number of ketones is 1. The van der Waals surface area contributed by atoms with Crippen LogP contribution in [-0.2, 0) is 5.41 Å². The maximum absolute atomic E-state index is 12.2. The monoisotopic (exact) mass is 249 g/mol. The average Bonchev–Trinajstić information content (AvgIpc) is 2.34. The lowest BCUT2D eigenvalue weighted by atomic mass is 9.70. The lowest BCUT2D eigenvalue weighted by Crippen LogP contribution is -2.42. The van der Waals surface area contributed by atoms with Crippen molar-refractivity contribution < 1.29 is 14.3 Å². The van der Waals surface area contributed by atoms with E-state index in [9.17, 15) is 4.79 Å². The third-order valence-electron chi connectivity index (χ3n) is 3.59. The molecule has 0 aliphatic heterocycles. The van der Waals surface area contributed by atoms with Crippen molar-refractivity contribution in [3.05, 3.63) is 23.3 Å². The number of Topliss-reactive ketones (excluding diaryl/α,β-unsaturated/α-hetero) is 1. The van der Waals surface area contributed by atoms with E-state index < -0.39 is 6.04 Å². The molecule has 1 aliphatic rings. The van der Waals surface area contributed by atoms with Crippen molar-refractivity contribution in [2.24, 2.45) is 5.73 Å². The zero-order chi connectivity index (χ0) is 13.5. The van der Waals surface area contributed by atoms with E-state index in [1.54, 1.807) is 20.3 Å². The van der Waals surface area contributed by atoms with Gasteiger partial charge in [-0.3, -0.25) is 4.79 Å². The highest BCUT2D eigenvalue weighted by molar-refractivity contribution is 6.03. The van der Waals surface area contributed by atoms with Crippen LogP contribution in [0.1, 0.15) is 36.2 Å². The predicted octanol–water partition coefficient (Wildman–Crippen LogP) is 1.90. The summed E-state index contributed by atoms with van der Waals surface area (Å²) in [5.41, 5.74) is 7.40. The number of fused-ring (bicyclic) bond motifs is 1. The Morgan fingerprint density at radius 2 is 1.78 bits per heavy atom. The molecule has 2 rings (SSSR count). The number of benzene rings is 1. The highest BCUT2D eigenvalue weighted by atomic mass is 16.5. The van der Waals surface area contributed by atoms with Gasteiger partial charge in [-0.15, -0.1) is 0 Å². The zero-order valence-corrected chi connectivity index (χ0v) is 11.2. The number of carbonyl (C=O) groups excluding carboxylic acids is 1. The third kappa shape index (κ3) is 1.86. The van der Waals surface area contributed by atoms with Crippen molar-refractivity contribution >= 4 is 5.78 Å². The van der Waals surface area contributed by atoms with Gasteiger partial charge in [0.15, 0.2) is 17.3 Å². The van der Waals surface area contributed by atoms with Crippen molar-refractivity contribution in [3.63, 3.8) is 0 Å². The van der Waals surface area contributed by atoms with Gasteiger partial charge in [0.1, 0.15) is 0 Å². The molecule has 0 radical (unpaired) electrons. The molecule has 1 aromatic carbocycles. The van der Waals surface area contributed by atoms with Crippen molar-refractivity contribution in [1.29, 1.82) is 0 Å². The fraction of sp³-hybridized carbons (Fsp3) is 0.500. The Morgan fingerprint density at radius 3 is 2.33 bits per heavy atom. The second kappa shape index (κ2) is 4.28. The van der Waals surface area contributed by atoms with Gasteiger partial charge in [-0.2, -0.15) is 0 Å². The molecule has 18 heavy (non-hydrogen) atoms. The average molecular weight is 249 g/mol. The van der Waals surface area contributed by atoms with Crippen LogP contribution in [0.25, 0.3) is 0 Å². The predicted molar refractivity (Wildman–Crippen MR) is 69.5 cm³/mol. The summed E-state index contributed by atoms with van der Waals surface area (Å²) in [4.78, 5) is 12.2. The SMILES string of the molecule is COc1cc2c(cc1OC)C(C)(C)CC(N)C2=O. The van der Waals surface area contributed by atoms with E-state index >= 15 is 0 Å². The standard InChI is InChI=1S/C14H19NO3/c1-14(2)7-10(15)13(16)8-5-11(17-3)12(18-4)6-9(8)14/h5-6,10H,7,15H2,1-4H3. The first-order chi connectivity index (χ1) is 8.40. The molecule has 0 amide bonds. The number of methoxy groups -OCH3 is 2. The minimum Gasteiger partial charge on any atom is -0.493 e. The molecular formula is C14H19NO3. The second-order valence-electron chi connectivity index (χ2n) is 5.31. The van der Waals surface area contributed by atoms with E-state index in [1.165, 1.54) is 0 Å². The molecule has 2 N–H and O–H groups in total. The Morgan fingerprint density at radius 1 is 1.22 bits per heavy atom. The Bertz CT molecular complexity index is 494. The third-order valence-corrected chi connectivity index (χ3v) is 3.59. The molecule has 0 bridgehead atoms. The summed E-state index contributed by atoms with van der Waals surface area (Å²) in [6.45, 7) is 4.17. The molecule has 0 saturated carbocycles. The first-order valence-corrected chi connectivity index (χ1v) is 5.97. The summed E-state index contributed by atoms with van der Waals surface area (Å²) in [5, 5.41) is 0. The van der Waals surface area contributed by atoms with E-state index in [1.807, 2.05) is 6.07 Å². The van der Waals surface area contributed by atoms with Crippen LogP contribution in [0, 0.1) is 0 Å². The minimum absolute atomic E-state index is 0.0229. The first-order valence-electron chi connectivity index (χ1n) is 5.97. The van der Waals surface area contributed by atoms with Crippen LogP contribution in [0.5, 0.6) is 11.5 Å². The van der Waals surface area contributed by atoms with Crippen LogP contribution in [0.15, 0.2) is 12.1 Å². The van der Waals surface area contributed by atoms with Crippen LogP contribution in [-0.4, -0.2) is 26.0 Å². The fourth-order valence-corrected chi connectivity index (χ4v) is 2.59. The normalized spacial score (nSPS) is 21.4. The molecule has 1 aromatic rings. The van der Waals surface area contributed by atoms with E-state index in [0.29, 0.717) is 23.5 Å². The molecule has 4 nitrogen and oxygen atoms in total. The molecule has 1 aliphatic carbocycles. The Labute approximate surface area is 107 Å². The molecular weight excluding hydrogens is 230 g/mol. The number of rotatable bonds is 2. The molecule has 4 heteroatoms. The minimum atomic E-state index is -0.439. The second-order valence-corrected chi connectivity index (χ2v) is 5.31. The summed E-state index contributed by atoms with van der Waals surface area (Å²) in [7, 11) is 3.15. The van der Waals surface area contributed by atoms with Crippen molar-refractivity contribution in [2.75, 3.05) is 14.2 Å². The van der Waals surface area contributed by atoms with E-state index in [4.69, 9.17) is 15.2 Å². The smallest absolute Gasteiger partial charge is 0.179 e. The van der Waals surface area contributed by atoms with Gasteiger partial charge in [0.2, 0.25) is 0 Å². The molecule has 1 unspecified atom stereocenters. The maximum Gasteiger partial charge on any atom is 0.179 e. The highest BCUT2D eigenvalue weighted by Gasteiger charge is 2.37. The van der Waals surface area contributed by atoms with Crippen molar-refractivity contribution in [3.8, 4) is 11.5 Å². The van der Waals surface area contributed by atoms with Crippen molar-refractivity contribution in [1.82, 2.24) is 0 Å². The topological polar surface area (TPSA) is 61.6 Å². The van der Waals surface area contributed by atoms with Gasteiger partial charge in [-0.25, -0.2) is 0 Å². The van der Waals surface area contributed by atoms with Crippen LogP contribution in [0.2, 0.25) is 0 Å². The largest absolute Gasteiger partial charge is 0.493 e. The summed E-state index contributed by atoms with van der Waals surface area (Å²) < 4.78 is 10.5. The molecule has 0 spiro atoms. The number of nitrogens with two attached hydrogens (primary N) is 1. The van der Waals surface area contributed by atoms with E-state index in [-0.39, 0.29) is 11.2 Å². The maximum atomic E-state index is 12.2. The number of hydrogen-bond acceptors (Lipinski definition) is 4. The Balaban J connectivity index is 2.67. The number of hydrogen-bond donors (Lipinski definition) is 1. The van der Waals surface area contributed by atoms with Gasteiger partial charge >= 0.3 is 0 Å². The van der Waals surface area contributed by atoms with Crippen LogP contribution in [0.4, 0.5) is 0 Å². The van der Waals surface area contributed by atoms with E-state index in [0.717, 1.165) is 5.56 Å². The van der Waals surface area contributed by atoms with Gasteiger partial charge in [0, 0.05) is 5.56 Å². The van der Waals surface area contributed by atoms with Gasteiger partial charge < -0.3 is 15.2 Å². The quantitative estimate of drug-likeness (QED) is 0.869. The molecule has 0 fully saturated rings. The summed E-state index contributed by atoms with van der Waals surface area (Å²) in [6.07, 6.45) is 0.647. The molecule has 1 atom stereocenters. The summed E-state index contributed by atoms with van der Waals surface area (Å²) in [6, 6.07) is 3.18. The first kappa shape index (κ1) is 12.9. The van der Waals surface area contributed by atoms with Gasteiger partial charge in [-0.05, 0) is 29.5 Å². The highest BCUT2D eigenvalue weighted by Crippen LogP contribution is 2.41. The van der Waals surface area contributed by atoms with Gasteiger partial charge in [0.25, 0.3) is 0 Å². The Hall–Kier alpha value is -1.55. The molecule has 0 heterocycles. The number of carbonyl (C=O) groups is 1. The molecule has 0 aromatic heterocycles. The summed E-state index contributed by atoms with van der Waals surface area (Å²) >= 11 is 0. The summed E-state index contributed by atoms with van der Waals surface area (Å²) in [5.74, 6) is 1.19. The van der Waals surface area contributed by atoms with Gasteiger partial charge in [-0.1, -0.05) is 13.8 Å². The number of ether oxygens (including phenoxy) is 2. The lowest BCUT2D eigenvalue weighted by molar-refractivity contribution is 0.0928. The zero-order valence-electron chi connectivity index (χ0n) is 11.2. The Kier molecular flexibility index (Phi) is 3.07. The van der Waals surface area contributed by atoms with Crippen LogP contribution in [0.3, 0.4) is 0 Å². The van der Waals surface area contributed by atoms with Gasteiger partial charge in [0.05, 0.1) is 20.3 Å². The lowest BCUT2D eigenvalue weighted by Gasteiger charge is -2.35.